The number of aromatic hydroxyl groups is 1. The number of nitrogens with one attached hydrogen (secondary N) is 1. The van der Waals surface area contributed by atoms with E-state index >= 15 is 0 Å². The lowest BCUT2D eigenvalue weighted by molar-refractivity contribution is -0.124. The maximum absolute atomic E-state index is 12.3. The molecule has 3 aromatic carbocycles. The maximum Gasteiger partial charge on any atom is 0.342 e. The first-order chi connectivity index (χ1) is 14.3. The molecule has 0 aromatic heterocycles. The summed E-state index contributed by atoms with van der Waals surface area (Å²) in [5, 5.41) is 14.6. The third kappa shape index (κ3) is 5.17. The molecular weight excluding hydrogens is 378 g/mol. The number of hydrogen-bond donors (Lipinski definition) is 2. The van der Waals surface area contributed by atoms with Crippen molar-refractivity contribution < 1.29 is 19.4 Å². The molecule has 0 heterocycles. The van der Waals surface area contributed by atoms with Crippen LogP contribution in [0.4, 0.5) is 0 Å². The molecule has 0 aliphatic heterocycles. The highest BCUT2D eigenvalue weighted by Gasteiger charge is 2.17. The molecule has 0 aliphatic rings. The van der Waals surface area contributed by atoms with E-state index in [1.54, 1.807) is 18.2 Å². The van der Waals surface area contributed by atoms with E-state index in [0.717, 1.165) is 17.4 Å². The Labute approximate surface area is 176 Å². The van der Waals surface area contributed by atoms with Crippen molar-refractivity contribution in [1.82, 2.24) is 5.32 Å². The first-order valence-corrected chi connectivity index (χ1v) is 10.1. The number of esters is 1. The van der Waals surface area contributed by atoms with Crippen LogP contribution in [0.15, 0.2) is 60.7 Å². The molecule has 5 nitrogen and oxygen atoms in total. The molecule has 0 aliphatic carbocycles. The fraction of sp³-hybridized carbons (Fsp3) is 0.280. The Morgan fingerprint density at radius 1 is 0.967 bits per heavy atom. The van der Waals surface area contributed by atoms with Gasteiger partial charge in [-0.25, -0.2) is 4.79 Å². The van der Waals surface area contributed by atoms with Gasteiger partial charge in [-0.15, -0.1) is 0 Å². The standard InChI is InChI=1S/C25H27NO4/c1-16(2)14-18-8-10-19(11-9-18)17(3)26-23(27)15-30-25(29)22-13-12-20-6-4-5-7-21(20)24(22)28/h4-13,16-17,28H,14-15H2,1-3H3,(H,26,27)/t17-/m0/s1. The average molecular weight is 405 g/mol. The van der Waals surface area contributed by atoms with Crippen molar-refractivity contribution >= 4 is 22.6 Å². The minimum Gasteiger partial charge on any atom is -0.506 e. The van der Waals surface area contributed by atoms with Crippen molar-refractivity contribution in [2.45, 2.75) is 33.2 Å². The van der Waals surface area contributed by atoms with Crippen molar-refractivity contribution in [2.24, 2.45) is 5.92 Å². The van der Waals surface area contributed by atoms with Crippen molar-refractivity contribution in [3.63, 3.8) is 0 Å². The zero-order chi connectivity index (χ0) is 21.7. The van der Waals surface area contributed by atoms with E-state index in [1.165, 1.54) is 11.6 Å². The van der Waals surface area contributed by atoms with Crippen LogP contribution >= 0.6 is 0 Å². The molecule has 0 saturated heterocycles. The number of carbonyl (C=O) groups is 2. The fourth-order valence-electron chi connectivity index (χ4n) is 3.41. The average Bonchev–Trinajstić information content (AvgIpc) is 2.72. The molecule has 2 N–H and O–H groups in total. The largest absolute Gasteiger partial charge is 0.506 e. The summed E-state index contributed by atoms with van der Waals surface area (Å²) in [5.74, 6) is -0.695. The molecule has 1 atom stereocenters. The minimum absolute atomic E-state index is 0.0373. The molecule has 0 bridgehead atoms. The monoisotopic (exact) mass is 405 g/mol. The molecule has 0 fully saturated rings. The highest BCUT2D eigenvalue weighted by molar-refractivity contribution is 6.01. The van der Waals surface area contributed by atoms with Gasteiger partial charge in [-0.1, -0.05) is 68.4 Å². The number of rotatable bonds is 7. The quantitative estimate of drug-likeness (QED) is 0.555. The highest BCUT2D eigenvalue weighted by Crippen LogP contribution is 2.29. The summed E-state index contributed by atoms with van der Waals surface area (Å²) < 4.78 is 5.11. The van der Waals surface area contributed by atoms with E-state index in [2.05, 4.69) is 31.3 Å². The summed E-state index contributed by atoms with van der Waals surface area (Å²) in [6.07, 6.45) is 1.01. The Kier molecular flexibility index (Phi) is 6.72. The fourth-order valence-corrected chi connectivity index (χ4v) is 3.41. The molecule has 3 aromatic rings. The lowest BCUT2D eigenvalue weighted by atomic mass is 10.00. The number of fused-ring (bicyclic) bond motifs is 1. The number of amides is 1. The van der Waals surface area contributed by atoms with E-state index in [4.69, 9.17) is 4.74 Å². The molecule has 0 saturated carbocycles. The molecular formula is C25H27NO4. The predicted molar refractivity (Wildman–Crippen MR) is 117 cm³/mol. The van der Waals surface area contributed by atoms with Gasteiger partial charge in [0.2, 0.25) is 0 Å². The lowest BCUT2D eigenvalue weighted by Gasteiger charge is -2.15. The summed E-state index contributed by atoms with van der Waals surface area (Å²) >= 11 is 0. The Morgan fingerprint density at radius 2 is 1.67 bits per heavy atom. The van der Waals surface area contributed by atoms with Crippen LogP contribution in [0.3, 0.4) is 0 Å². The second-order valence-corrected chi connectivity index (χ2v) is 7.89. The van der Waals surface area contributed by atoms with Crippen LogP contribution in [0.25, 0.3) is 10.8 Å². The molecule has 0 unspecified atom stereocenters. The molecule has 3 rings (SSSR count). The van der Waals surface area contributed by atoms with Crippen LogP contribution in [-0.2, 0) is 16.0 Å². The second-order valence-electron chi connectivity index (χ2n) is 7.89. The van der Waals surface area contributed by atoms with E-state index < -0.39 is 18.5 Å². The smallest absolute Gasteiger partial charge is 0.342 e. The molecule has 0 spiro atoms. The summed E-state index contributed by atoms with van der Waals surface area (Å²) in [7, 11) is 0. The summed E-state index contributed by atoms with van der Waals surface area (Å²) in [4.78, 5) is 24.6. The first-order valence-electron chi connectivity index (χ1n) is 10.1. The number of benzene rings is 3. The van der Waals surface area contributed by atoms with E-state index in [9.17, 15) is 14.7 Å². The van der Waals surface area contributed by atoms with Gasteiger partial charge >= 0.3 is 5.97 Å². The van der Waals surface area contributed by atoms with Crippen LogP contribution in [0.5, 0.6) is 5.75 Å². The van der Waals surface area contributed by atoms with E-state index in [1.807, 2.05) is 31.2 Å². The Hall–Kier alpha value is -3.34. The molecule has 30 heavy (non-hydrogen) atoms. The van der Waals surface area contributed by atoms with Crippen LogP contribution in [-0.4, -0.2) is 23.6 Å². The van der Waals surface area contributed by atoms with Crippen LogP contribution < -0.4 is 5.32 Å². The topological polar surface area (TPSA) is 75.6 Å². The van der Waals surface area contributed by atoms with Gasteiger partial charge < -0.3 is 15.2 Å². The summed E-state index contributed by atoms with van der Waals surface area (Å²) in [5.41, 5.74) is 2.28. The molecule has 1 amide bonds. The number of carbonyl (C=O) groups excluding carboxylic acids is 2. The van der Waals surface area contributed by atoms with Gasteiger partial charge in [-0.05, 0) is 41.8 Å². The van der Waals surface area contributed by atoms with Crippen molar-refractivity contribution in [3.8, 4) is 5.75 Å². The van der Waals surface area contributed by atoms with Gasteiger partial charge in [0.1, 0.15) is 11.3 Å². The Balaban J connectivity index is 1.56. The normalized spacial score (nSPS) is 12.0. The van der Waals surface area contributed by atoms with Gasteiger partial charge in [-0.2, -0.15) is 0 Å². The Bertz CT molecular complexity index is 1040. The number of ether oxygens (including phenoxy) is 1. The number of phenols is 1. The van der Waals surface area contributed by atoms with Gasteiger partial charge in [0.25, 0.3) is 5.91 Å². The molecule has 0 radical (unpaired) electrons. The van der Waals surface area contributed by atoms with E-state index in [0.29, 0.717) is 11.3 Å². The second kappa shape index (κ2) is 9.44. The van der Waals surface area contributed by atoms with Crippen molar-refractivity contribution in [1.29, 1.82) is 0 Å². The third-order valence-corrected chi connectivity index (χ3v) is 4.96. The molecule has 5 heteroatoms. The van der Waals surface area contributed by atoms with E-state index in [-0.39, 0.29) is 17.4 Å². The number of hydrogen-bond acceptors (Lipinski definition) is 4. The van der Waals surface area contributed by atoms with Gasteiger partial charge in [0.15, 0.2) is 6.61 Å². The van der Waals surface area contributed by atoms with Crippen LogP contribution in [0, 0.1) is 5.92 Å². The first kappa shape index (κ1) is 21.4. The van der Waals surface area contributed by atoms with Gasteiger partial charge in [0.05, 0.1) is 6.04 Å². The van der Waals surface area contributed by atoms with Gasteiger partial charge in [-0.3, -0.25) is 4.79 Å². The summed E-state index contributed by atoms with van der Waals surface area (Å²) in [6, 6.07) is 18.4. The SMILES string of the molecule is CC(C)Cc1ccc([C@H](C)NC(=O)COC(=O)c2ccc3ccccc3c2O)cc1. The zero-order valence-electron chi connectivity index (χ0n) is 17.5. The van der Waals surface area contributed by atoms with Crippen molar-refractivity contribution in [2.75, 3.05) is 6.61 Å². The predicted octanol–water partition coefficient (Wildman–Crippen LogP) is 4.78. The lowest BCUT2D eigenvalue weighted by Crippen LogP contribution is -2.31. The number of phenolic OH excluding ortho intramolecular Hbond substituents is 1. The van der Waals surface area contributed by atoms with Gasteiger partial charge in [0, 0.05) is 5.39 Å². The van der Waals surface area contributed by atoms with Crippen LogP contribution in [0.2, 0.25) is 0 Å². The Morgan fingerprint density at radius 3 is 2.37 bits per heavy atom. The third-order valence-electron chi connectivity index (χ3n) is 4.96. The van der Waals surface area contributed by atoms with Crippen LogP contribution in [0.1, 0.15) is 48.3 Å². The van der Waals surface area contributed by atoms with Crippen molar-refractivity contribution in [3.05, 3.63) is 77.4 Å². The maximum atomic E-state index is 12.3. The highest BCUT2D eigenvalue weighted by atomic mass is 16.5. The summed E-state index contributed by atoms with van der Waals surface area (Å²) in [6.45, 7) is 5.82. The zero-order valence-corrected chi connectivity index (χ0v) is 17.5. The minimum atomic E-state index is -0.737. The molecule has 156 valence electrons.